The molecule has 1 fully saturated rings. The van der Waals surface area contributed by atoms with Gasteiger partial charge in [0.1, 0.15) is 6.26 Å². The van der Waals surface area contributed by atoms with Gasteiger partial charge in [-0.3, -0.25) is 4.79 Å². The van der Waals surface area contributed by atoms with Crippen molar-refractivity contribution in [2.45, 2.75) is 13.3 Å². The number of anilines is 1. The van der Waals surface area contributed by atoms with Gasteiger partial charge in [-0.2, -0.15) is 0 Å². The Morgan fingerprint density at radius 1 is 1.48 bits per heavy atom. The monoisotopic (exact) mass is 307 g/mol. The second kappa shape index (κ2) is 6.74. The molecule has 1 unspecified atom stereocenters. The fourth-order valence-electron chi connectivity index (χ4n) is 2.34. The van der Waals surface area contributed by atoms with Crippen molar-refractivity contribution in [2.75, 3.05) is 18.4 Å². The number of aryl methyl sites for hydroxylation is 1. The second-order valence-electron chi connectivity index (χ2n) is 5.05. The number of hydrogen-bond donors (Lipinski definition) is 2. The number of halogens is 1. The first-order valence-electron chi connectivity index (χ1n) is 6.76. The van der Waals surface area contributed by atoms with Gasteiger partial charge in [0, 0.05) is 17.8 Å². The van der Waals surface area contributed by atoms with Crippen molar-refractivity contribution < 1.29 is 9.21 Å². The number of aromatic nitrogens is 1. The van der Waals surface area contributed by atoms with Crippen molar-refractivity contribution in [2.24, 2.45) is 5.92 Å². The molecule has 0 spiro atoms. The Balaban J connectivity index is 0.00000161. The molecule has 1 aromatic carbocycles. The molecule has 1 saturated heterocycles. The van der Waals surface area contributed by atoms with Crippen LogP contribution in [0.5, 0.6) is 0 Å². The highest BCUT2D eigenvalue weighted by Gasteiger charge is 2.22. The standard InChI is InChI=1S/C15H17N3O2.ClH/c1-10-9-20-15(17-10)11-3-2-4-13(7-11)18-14(19)12-5-6-16-8-12;/h2-4,7,9,12,16H,5-6,8H2,1H3,(H,18,19);1H. The molecule has 0 radical (unpaired) electrons. The summed E-state index contributed by atoms with van der Waals surface area (Å²) in [4.78, 5) is 16.4. The summed E-state index contributed by atoms with van der Waals surface area (Å²) in [5.74, 6) is 0.694. The first kappa shape index (κ1) is 15.5. The number of oxazole rings is 1. The van der Waals surface area contributed by atoms with Gasteiger partial charge in [0.2, 0.25) is 11.8 Å². The number of amides is 1. The Bertz CT molecular complexity index is 621. The lowest BCUT2D eigenvalue weighted by molar-refractivity contribution is -0.119. The van der Waals surface area contributed by atoms with E-state index < -0.39 is 0 Å². The molecule has 0 saturated carbocycles. The highest BCUT2D eigenvalue weighted by Crippen LogP contribution is 2.22. The minimum Gasteiger partial charge on any atom is -0.444 e. The largest absolute Gasteiger partial charge is 0.444 e. The van der Waals surface area contributed by atoms with Gasteiger partial charge in [-0.25, -0.2) is 4.98 Å². The van der Waals surface area contributed by atoms with Crippen LogP contribution in [-0.4, -0.2) is 24.0 Å². The van der Waals surface area contributed by atoms with Crippen molar-refractivity contribution in [1.82, 2.24) is 10.3 Å². The lowest BCUT2D eigenvalue weighted by Crippen LogP contribution is -2.24. The minimum atomic E-state index is 0. The molecular weight excluding hydrogens is 290 g/mol. The maximum absolute atomic E-state index is 12.1. The van der Waals surface area contributed by atoms with Crippen LogP contribution in [0.15, 0.2) is 34.9 Å². The molecule has 2 N–H and O–H groups in total. The lowest BCUT2D eigenvalue weighted by Gasteiger charge is -2.10. The van der Waals surface area contributed by atoms with Crippen LogP contribution in [0, 0.1) is 12.8 Å². The predicted molar refractivity (Wildman–Crippen MR) is 83.5 cm³/mol. The minimum absolute atomic E-state index is 0. The summed E-state index contributed by atoms with van der Waals surface area (Å²) in [7, 11) is 0. The average Bonchev–Trinajstić information content (AvgIpc) is 3.10. The van der Waals surface area contributed by atoms with Gasteiger partial charge >= 0.3 is 0 Å². The fraction of sp³-hybridized carbons (Fsp3) is 0.333. The summed E-state index contributed by atoms with van der Waals surface area (Å²) in [6.07, 6.45) is 2.51. The Kier molecular flexibility index (Phi) is 4.98. The van der Waals surface area contributed by atoms with E-state index in [-0.39, 0.29) is 24.2 Å². The van der Waals surface area contributed by atoms with E-state index >= 15 is 0 Å². The summed E-state index contributed by atoms with van der Waals surface area (Å²) >= 11 is 0. The lowest BCUT2D eigenvalue weighted by atomic mass is 10.1. The molecule has 1 atom stereocenters. The molecule has 2 heterocycles. The topological polar surface area (TPSA) is 67.2 Å². The third-order valence-corrected chi connectivity index (χ3v) is 3.43. The van der Waals surface area contributed by atoms with Crippen molar-refractivity contribution >= 4 is 24.0 Å². The van der Waals surface area contributed by atoms with Crippen LogP contribution in [-0.2, 0) is 4.79 Å². The fourth-order valence-corrected chi connectivity index (χ4v) is 2.34. The molecule has 21 heavy (non-hydrogen) atoms. The van der Waals surface area contributed by atoms with E-state index in [0.29, 0.717) is 5.89 Å². The maximum Gasteiger partial charge on any atom is 0.228 e. The molecule has 2 aromatic rings. The zero-order valence-electron chi connectivity index (χ0n) is 11.8. The van der Waals surface area contributed by atoms with Crippen LogP contribution in [0.1, 0.15) is 12.1 Å². The summed E-state index contributed by atoms with van der Waals surface area (Å²) in [6, 6.07) is 7.56. The van der Waals surface area contributed by atoms with E-state index in [9.17, 15) is 4.79 Å². The highest BCUT2D eigenvalue weighted by atomic mass is 35.5. The van der Waals surface area contributed by atoms with E-state index in [1.165, 1.54) is 0 Å². The molecule has 1 amide bonds. The van der Waals surface area contributed by atoms with E-state index in [1.54, 1.807) is 6.26 Å². The quantitative estimate of drug-likeness (QED) is 0.914. The zero-order chi connectivity index (χ0) is 13.9. The molecule has 6 heteroatoms. The van der Waals surface area contributed by atoms with Crippen LogP contribution in [0.25, 0.3) is 11.5 Å². The molecule has 0 aliphatic carbocycles. The molecule has 1 aliphatic heterocycles. The first-order chi connectivity index (χ1) is 9.72. The van der Waals surface area contributed by atoms with Gasteiger partial charge in [-0.05, 0) is 38.1 Å². The van der Waals surface area contributed by atoms with Crippen molar-refractivity contribution in [3.63, 3.8) is 0 Å². The number of nitrogens with one attached hydrogen (secondary N) is 2. The van der Waals surface area contributed by atoms with E-state index in [0.717, 1.165) is 36.5 Å². The molecule has 1 aliphatic rings. The van der Waals surface area contributed by atoms with Crippen LogP contribution in [0.4, 0.5) is 5.69 Å². The van der Waals surface area contributed by atoms with Gasteiger partial charge < -0.3 is 15.1 Å². The average molecular weight is 308 g/mol. The molecule has 5 nitrogen and oxygen atoms in total. The summed E-state index contributed by atoms with van der Waals surface area (Å²) in [6.45, 7) is 3.55. The molecular formula is C15H18ClN3O2. The van der Waals surface area contributed by atoms with E-state index in [4.69, 9.17) is 4.42 Å². The second-order valence-corrected chi connectivity index (χ2v) is 5.05. The number of hydrogen-bond acceptors (Lipinski definition) is 4. The molecule has 3 rings (SSSR count). The van der Waals surface area contributed by atoms with Crippen LogP contribution < -0.4 is 10.6 Å². The summed E-state index contributed by atoms with van der Waals surface area (Å²) in [5.41, 5.74) is 2.47. The van der Waals surface area contributed by atoms with Gasteiger partial charge in [-0.1, -0.05) is 6.07 Å². The Morgan fingerprint density at radius 2 is 2.33 bits per heavy atom. The number of rotatable bonds is 3. The number of benzene rings is 1. The SMILES string of the molecule is Cc1coc(-c2cccc(NC(=O)C3CCNC3)c2)n1.Cl. The third kappa shape index (κ3) is 3.62. The smallest absolute Gasteiger partial charge is 0.228 e. The summed E-state index contributed by atoms with van der Waals surface area (Å²) < 4.78 is 5.38. The normalized spacial score (nSPS) is 17.3. The van der Waals surface area contributed by atoms with Crippen molar-refractivity contribution in [3.8, 4) is 11.5 Å². The van der Waals surface area contributed by atoms with E-state index in [2.05, 4.69) is 15.6 Å². The van der Waals surface area contributed by atoms with Gasteiger partial charge in [0.05, 0.1) is 11.6 Å². The van der Waals surface area contributed by atoms with Crippen molar-refractivity contribution in [3.05, 3.63) is 36.2 Å². The molecule has 0 bridgehead atoms. The molecule has 112 valence electrons. The number of carbonyl (C=O) groups is 1. The predicted octanol–water partition coefficient (Wildman–Crippen LogP) is 2.62. The number of nitrogens with zero attached hydrogens (tertiary/aromatic N) is 1. The van der Waals surface area contributed by atoms with E-state index in [1.807, 2.05) is 31.2 Å². The van der Waals surface area contributed by atoms with Gasteiger partial charge in [0.25, 0.3) is 0 Å². The van der Waals surface area contributed by atoms with Crippen molar-refractivity contribution in [1.29, 1.82) is 0 Å². The Morgan fingerprint density at radius 3 is 3.00 bits per heavy atom. The summed E-state index contributed by atoms with van der Waals surface area (Å²) in [5, 5.41) is 6.15. The zero-order valence-corrected chi connectivity index (χ0v) is 12.6. The molecule has 1 aromatic heterocycles. The Labute approximate surface area is 129 Å². The van der Waals surface area contributed by atoms with Crippen LogP contribution in [0.3, 0.4) is 0 Å². The van der Waals surface area contributed by atoms with Crippen LogP contribution in [0.2, 0.25) is 0 Å². The number of carbonyl (C=O) groups excluding carboxylic acids is 1. The highest BCUT2D eigenvalue weighted by molar-refractivity contribution is 5.93. The Hall–Kier alpha value is -1.85. The van der Waals surface area contributed by atoms with Gasteiger partial charge in [0.15, 0.2) is 0 Å². The first-order valence-corrected chi connectivity index (χ1v) is 6.76. The van der Waals surface area contributed by atoms with Crippen LogP contribution >= 0.6 is 12.4 Å². The maximum atomic E-state index is 12.1. The van der Waals surface area contributed by atoms with Gasteiger partial charge in [-0.15, -0.1) is 12.4 Å². The third-order valence-electron chi connectivity index (χ3n) is 3.43.